The fourth-order valence-electron chi connectivity index (χ4n) is 2.33. The summed E-state index contributed by atoms with van der Waals surface area (Å²) in [7, 11) is -1.28. The Morgan fingerprint density at radius 3 is 2.38 bits per heavy atom. The number of hydrogen-bond acceptors (Lipinski definition) is 3. The number of azide groups is 1. The Kier molecular flexibility index (Phi) is 7.60. The number of benzene rings is 1. The maximum atomic E-state index is 10.9. The molecule has 0 aromatic heterocycles. The highest BCUT2D eigenvalue weighted by molar-refractivity contribution is 6.48. The van der Waals surface area contributed by atoms with Crippen molar-refractivity contribution in [3.8, 4) is 0 Å². The number of aliphatic hydroxyl groups excluding tert-OH is 1. The fourth-order valence-corrected chi connectivity index (χ4v) is 3.54. The minimum atomic E-state index is -1.51. The van der Waals surface area contributed by atoms with Crippen LogP contribution in [-0.2, 0) is 10.2 Å². The third-order valence-electron chi connectivity index (χ3n) is 3.51. The van der Waals surface area contributed by atoms with Crippen LogP contribution in [0.3, 0.4) is 0 Å². The molecule has 0 saturated carbocycles. The monoisotopic (exact) mass is 388 g/mol. The Labute approximate surface area is 155 Å². The van der Waals surface area contributed by atoms with E-state index in [1.165, 1.54) is 0 Å². The topological polar surface area (TPSA) is 78.2 Å². The van der Waals surface area contributed by atoms with E-state index >= 15 is 0 Å². The molecule has 8 heteroatoms. The van der Waals surface area contributed by atoms with E-state index < -0.39 is 20.9 Å². The van der Waals surface area contributed by atoms with Crippen LogP contribution in [0.15, 0.2) is 23.3 Å². The summed E-state index contributed by atoms with van der Waals surface area (Å²) >= 11 is 12.1. The molecule has 133 valence electrons. The van der Waals surface area contributed by atoms with Gasteiger partial charge < -0.3 is 9.53 Å². The van der Waals surface area contributed by atoms with E-state index in [4.69, 9.17) is 33.2 Å². The number of halogens is 2. The van der Waals surface area contributed by atoms with Gasteiger partial charge in [0.05, 0.1) is 16.1 Å². The largest absolute Gasteiger partial charge is 0.400 e. The third-order valence-corrected chi connectivity index (χ3v) is 4.96. The van der Waals surface area contributed by atoms with Crippen molar-refractivity contribution in [3.63, 3.8) is 0 Å². The minimum absolute atomic E-state index is 0.0347. The zero-order chi connectivity index (χ0) is 18.5. The van der Waals surface area contributed by atoms with E-state index in [1.807, 2.05) is 13.1 Å². The first-order chi connectivity index (χ1) is 11.0. The van der Waals surface area contributed by atoms with Gasteiger partial charge in [-0.1, -0.05) is 55.2 Å². The summed E-state index contributed by atoms with van der Waals surface area (Å²) in [6.45, 7) is 10.1. The van der Waals surface area contributed by atoms with Crippen molar-refractivity contribution in [2.75, 3.05) is 0 Å². The number of rotatable bonds is 7. The second-order valence-electron chi connectivity index (χ2n) is 7.14. The lowest BCUT2D eigenvalue weighted by Gasteiger charge is -2.37. The second kappa shape index (κ2) is 8.56. The first kappa shape index (κ1) is 21.3. The molecule has 0 bridgehead atoms. The Hall–Kier alpha value is -0.753. The fraction of sp³-hybridized carbons (Fsp3) is 0.625. The van der Waals surface area contributed by atoms with Crippen LogP contribution in [0.25, 0.3) is 10.4 Å². The molecule has 2 atom stereocenters. The van der Waals surface area contributed by atoms with E-state index in [2.05, 4.69) is 30.8 Å². The van der Waals surface area contributed by atoms with Gasteiger partial charge in [-0.15, -0.1) is 0 Å². The number of hydrogen-bond donors (Lipinski definition) is 1. The summed E-state index contributed by atoms with van der Waals surface area (Å²) in [4.78, 5) is 2.94. The number of nitrogens with zero attached hydrogens (tertiary/aromatic N) is 3. The van der Waals surface area contributed by atoms with Gasteiger partial charge in [-0.25, -0.2) is 0 Å². The summed E-state index contributed by atoms with van der Waals surface area (Å²) in [5, 5.41) is 15.4. The van der Waals surface area contributed by atoms with Gasteiger partial charge in [0.2, 0.25) is 9.04 Å². The predicted molar refractivity (Wildman–Crippen MR) is 101 cm³/mol. The summed E-state index contributed by atoms with van der Waals surface area (Å²) in [6.07, 6.45) is 0.180. The maximum absolute atomic E-state index is 10.9. The van der Waals surface area contributed by atoms with Gasteiger partial charge in [0.1, 0.15) is 0 Å². The molecule has 0 spiro atoms. The number of aliphatic hydroxyl groups is 1. The van der Waals surface area contributed by atoms with Crippen molar-refractivity contribution in [1.82, 2.24) is 0 Å². The van der Waals surface area contributed by atoms with Gasteiger partial charge in [-0.05, 0) is 54.6 Å². The highest BCUT2D eigenvalue weighted by Gasteiger charge is 2.41. The van der Waals surface area contributed by atoms with E-state index in [0.29, 0.717) is 22.0 Å². The third kappa shape index (κ3) is 5.65. The molecule has 1 N–H and O–H groups in total. The van der Waals surface area contributed by atoms with Crippen LogP contribution in [0.5, 0.6) is 0 Å². The molecule has 0 aliphatic heterocycles. The molecule has 0 heterocycles. The van der Waals surface area contributed by atoms with Crippen molar-refractivity contribution >= 4 is 32.2 Å². The average Bonchev–Trinajstić information content (AvgIpc) is 2.45. The maximum Gasteiger partial charge on any atom is 0.206 e. The second-order valence-corrected chi connectivity index (χ2v) is 9.98. The zero-order valence-electron chi connectivity index (χ0n) is 14.7. The van der Waals surface area contributed by atoms with E-state index in [1.54, 1.807) is 18.2 Å². The average molecular weight is 389 g/mol. The Bertz CT molecular complexity index is 616. The first-order valence-electron chi connectivity index (χ1n) is 7.71. The van der Waals surface area contributed by atoms with Crippen molar-refractivity contribution in [2.45, 2.75) is 58.5 Å². The molecule has 0 fully saturated rings. The van der Waals surface area contributed by atoms with Gasteiger partial charge >= 0.3 is 0 Å². The summed E-state index contributed by atoms with van der Waals surface area (Å²) in [6, 6.07) is 4.87. The molecule has 0 amide bonds. The van der Waals surface area contributed by atoms with Gasteiger partial charge in [0.25, 0.3) is 0 Å². The summed E-state index contributed by atoms with van der Waals surface area (Å²) in [5.74, 6) is 0. The van der Waals surface area contributed by atoms with Crippen molar-refractivity contribution in [3.05, 3.63) is 44.3 Å². The van der Waals surface area contributed by atoms with E-state index in [-0.39, 0.29) is 5.41 Å². The summed E-state index contributed by atoms with van der Waals surface area (Å²) in [5.41, 5.74) is 8.13. The Morgan fingerprint density at radius 2 is 1.92 bits per heavy atom. The highest BCUT2D eigenvalue weighted by Crippen LogP contribution is 2.38. The van der Waals surface area contributed by atoms with Crippen LogP contribution in [-0.4, -0.2) is 20.3 Å². The molecule has 0 aliphatic carbocycles. The molecule has 0 aliphatic rings. The lowest BCUT2D eigenvalue weighted by Crippen LogP contribution is -2.43. The van der Waals surface area contributed by atoms with Gasteiger partial charge in [-0.2, -0.15) is 0 Å². The van der Waals surface area contributed by atoms with Gasteiger partial charge in [-0.3, -0.25) is 0 Å². The lowest BCUT2D eigenvalue weighted by atomic mass is 9.85. The molecule has 5 nitrogen and oxygen atoms in total. The molecule has 2 unspecified atom stereocenters. The van der Waals surface area contributed by atoms with Gasteiger partial charge in [0.15, 0.2) is 5.72 Å². The first-order valence-corrected chi connectivity index (χ1v) is 10.9. The highest BCUT2D eigenvalue weighted by atomic mass is 35.5. The normalized spacial score (nSPS) is 15.7. The van der Waals surface area contributed by atoms with Crippen LogP contribution in [0.1, 0.15) is 39.2 Å². The molecule has 1 radical (unpaired) electrons. The molecule has 0 saturated heterocycles. The van der Waals surface area contributed by atoms with Crippen molar-refractivity contribution in [1.29, 1.82) is 0 Å². The Morgan fingerprint density at radius 1 is 1.29 bits per heavy atom. The standard InChI is InChI=1S/C16H24Cl2N3O2Si/c1-15(2,3)9-8-14(22)16(20-21-19,23-24(4)5)11-6-7-12(17)13(18)10-11/h6-7,10,14,22H,8-9H2,1-5H3. The quantitative estimate of drug-likeness (QED) is 0.272. The zero-order valence-corrected chi connectivity index (χ0v) is 17.2. The van der Waals surface area contributed by atoms with Crippen molar-refractivity contribution in [2.24, 2.45) is 10.5 Å². The smallest absolute Gasteiger partial charge is 0.206 e. The van der Waals surface area contributed by atoms with Crippen LogP contribution < -0.4 is 0 Å². The van der Waals surface area contributed by atoms with Crippen LogP contribution in [0.4, 0.5) is 0 Å². The van der Waals surface area contributed by atoms with Crippen LogP contribution in [0.2, 0.25) is 23.1 Å². The van der Waals surface area contributed by atoms with Crippen molar-refractivity contribution < 1.29 is 9.53 Å². The van der Waals surface area contributed by atoms with Crippen LogP contribution in [0, 0.1) is 5.41 Å². The lowest BCUT2D eigenvalue weighted by molar-refractivity contribution is -0.0646. The van der Waals surface area contributed by atoms with E-state index in [0.717, 1.165) is 6.42 Å². The molecular weight excluding hydrogens is 365 g/mol. The Balaban J connectivity index is 3.37. The molecule has 1 rings (SSSR count). The summed E-state index contributed by atoms with van der Waals surface area (Å²) < 4.78 is 6.02. The minimum Gasteiger partial charge on any atom is -0.400 e. The van der Waals surface area contributed by atoms with Gasteiger partial charge in [0, 0.05) is 4.91 Å². The molecule has 24 heavy (non-hydrogen) atoms. The predicted octanol–water partition coefficient (Wildman–Crippen LogP) is 5.91. The SMILES string of the molecule is C[Si](C)OC(N=[N+]=[N-])(c1ccc(Cl)c(Cl)c1)C(O)CCC(C)(C)C. The van der Waals surface area contributed by atoms with Crippen LogP contribution >= 0.6 is 23.2 Å². The molecule has 1 aromatic rings. The molecular formula is C16H24Cl2N3O2Si. The molecule has 1 aromatic carbocycles. The van der Waals surface area contributed by atoms with E-state index in [9.17, 15) is 5.11 Å².